The van der Waals surface area contributed by atoms with Gasteiger partial charge in [0.1, 0.15) is 0 Å². The molecule has 1 rings (SSSR count). The predicted molar refractivity (Wildman–Crippen MR) is 83.1 cm³/mol. The summed E-state index contributed by atoms with van der Waals surface area (Å²) in [6.07, 6.45) is -0.748. The molecule has 2 unspecified atom stereocenters. The monoisotopic (exact) mass is 361 g/mol. The van der Waals surface area contributed by atoms with Crippen molar-refractivity contribution < 1.29 is 39.6 Å². The third-order valence-electron chi connectivity index (χ3n) is 3.88. The summed E-state index contributed by atoms with van der Waals surface area (Å²) < 4.78 is 0. The van der Waals surface area contributed by atoms with E-state index in [0.717, 1.165) is 0 Å². The van der Waals surface area contributed by atoms with Gasteiger partial charge in [-0.1, -0.05) is 6.92 Å². The highest BCUT2D eigenvalue weighted by Crippen LogP contribution is 2.21. The van der Waals surface area contributed by atoms with E-state index < -0.39 is 49.7 Å². The number of carboxylic acid groups (broad SMARTS) is 4. The highest BCUT2D eigenvalue weighted by molar-refractivity contribution is 5.73. The molecule has 4 N–H and O–H groups in total. The number of aliphatic carboxylic acids is 4. The molecule has 0 saturated carbocycles. The van der Waals surface area contributed by atoms with Crippen molar-refractivity contribution in [1.29, 1.82) is 0 Å². The van der Waals surface area contributed by atoms with Gasteiger partial charge < -0.3 is 20.4 Å². The van der Waals surface area contributed by atoms with Gasteiger partial charge in [0.2, 0.25) is 0 Å². The average molecular weight is 361 g/mol. The molecule has 0 aromatic carbocycles. The van der Waals surface area contributed by atoms with E-state index in [1.807, 2.05) is 0 Å². The van der Waals surface area contributed by atoms with E-state index in [1.54, 1.807) is 11.8 Å². The molecule has 2 atom stereocenters. The third kappa shape index (κ3) is 7.03. The molecule has 1 heterocycles. The van der Waals surface area contributed by atoms with Crippen molar-refractivity contribution in [3.8, 4) is 0 Å². The standard InChI is InChI=1S/C14H23N3O8/c1-9-4-15(5-10(18)19)2-3-16(6-11(20)21)14(9)17(7-12(22)23)8-13(24)25/h9,14H,2-8H2,1H3,(H,18,19)(H,20,21)(H,22,23)(H,24,25). The average Bonchev–Trinajstić information content (AvgIpc) is 2.55. The van der Waals surface area contributed by atoms with Gasteiger partial charge in [-0.2, -0.15) is 0 Å². The van der Waals surface area contributed by atoms with E-state index in [0.29, 0.717) is 0 Å². The number of carbonyl (C=O) groups is 4. The SMILES string of the molecule is CC1CN(CC(=O)O)CCN(CC(=O)O)C1N(CC(=O)O)CC(=O)O. The number of nitrogens with zero attached hydrogens (tertiary/aromatic N) is 3. The topological polar surface area (TPSA) is 159 Å². The zero-order valence-electron chi connectivity index (χ0n) is 13.9. The normalized spacial score (nSPS) is 22.5. The van der Waals surface area contributed by atoms with Crippen molar-refractivity contribution in [2.75, 3.05) is 45.8 Å². The minimum absolute atomic E-state index is 0.185. The summed E-state index contributed by atoms with van der Waals surface area (Å²) in [7, 11) is 0. The van der Waals surface area contributed by atoms with Crippen LogP contribution in [0.1, 0.15) is 6.92 Å². The molecule has 142 valence electrons. The van der Waals surface area contributed by atoms with E-state index in [9.17, 15) is 19.2 Å². The second-order valence-corrected chi connectivity index (χ2v) is 6.08. The van der Waals surface area contributed by atoms with Gasteiger partial charge in [0, 0.05) is 19.6 Å². The minimum Gasteiger partial charge on any atom is -0.480 e. The van der Waals surface area contributed by atoms with Crippen molar-refractivity contribution in [3.05, 3.63) is 0 Å². The zero-order valence-corrected chi connectivity index (χ0v) is 13.9. The molecule has 0 radical (unpaired) electrons. The maximum Gasteiger partial charge on any atom is 0.317 e. The molecule has 0 spiro atoms. The summed E-state index contributed by atoms with van der Waals surface area (Å²) in [4.78, 5) is 48.6. The summed E-state index contributed by atoms with van der Waals surface area (Å²) >= 11 is 0. The van der Waals surface area contributed by atoms with Crippen molar-refractivity contribution in [2.24, 2.45) is 5.92 Å². The van der Waals surface area contributed by atoms with Crippen LogP contribution in [-0.2, 0) is 19.2 Å². The molecule has 1 aliphatic rings. The van der Waals surface area contributed by atoms with E-state index in [-0.39, 0.29) is 32.1 Å². The second kappa shape index (κ2) is 9.30. The highest BCUT2D eigenvalue weighted by Gasteiger charge is 2.37. The highest BCUT2D eigenvalue weighted by atomic mass is 16.4. The minimum atomic E-state index is -1.23. The summed E-state index contributed by atoms with van der Waals surface area (Å²) in [5.74, 6) is -4.97. The maximum absolute atomic E-state index is 11.2. The summed E-state index contributed by atoms with van der Waals surface area (Å²) in [5.41, 5.74) is 0. The molecular weight excluding hydrogens is 338 g/mol. The van der Waals surface area contributed by atoms with Gasteiger partial charge in [0.05, 0.1) is 32.3 Å². The van der Waals surface area contributed by atoms with Gasteiger partial charge >= 0.3 is 23.9 Å². The smallest absolute Gasteiger partial charge is 0.317 e. The molecule has 25 heavy (non-hydrogen) atoms. The van der Waals surface area contributed by atoms with Crippen LogP contribution < -0.4 is 0 Å². The Hall–Kier alpha value is -2.24. The zero-order chi connectivity index (χ0) is 19.1. The first-order chi connectivity index (χ1) is 11.6. The van der Waals surface area contributed by atoms with Gasteiger partial charge in [-0.15, -0.1) is 0 Å². The van der Waals surface area contributed by atoms with Gasteiger partial charge in [-0.25, -0.2) is 0 Å². The molecule has 0 bridgehead atoms. The fourth-order valence-electron chi connectivity index (χ4n) is 3.22. The largest absolute Gasteiger partial charge is 0.480 e. The molecule has 1 fully saturated rings. The number of hydrogen-bond acceptors (Lipinski definition) is 7. The Labute approximate surface area is 144 Å². The Balaban J connectivity index is 3.10. The Bertz CT molecular complexity index is 510. The quantitative estimate of drug-likeness (QED) is 0.367. The molecule has 0 amide bonds. The van der Waals surface area contributed by atoms with Crippen LogP contribution in [-0.4, -0.2) is 111 Å². The molecule has 1 aliphatic heterocycles. The summed E-state index contributed by atoms with van der Waals surface area (Å²) in [6.45, 7) is 0.728. The van der Waals surface area contributed by atoms with Crippen LogP contribution in [0.4, 0.5) is 0 Å². The van der Waals surface area contributed by atoms with Gasteiger partial charge in [-0.05, 0) is 5.92 Å². The fourth-order valence-corrected chi connectivity index (χ4v) is 3.22. The molecule has 1 saturated heterocycles. The summed E-state index contributed by atoms with van der Waals surface area (Å²) in [5, 5.41) is 36.2. The number of hydrogen-bond donors (Lipinski definition) is 4. The molecule has 0 aromatic rings. The first-order valence-corrected chi connectivity index (χ1v) is 7.67. The van der Waals surface area contributed by atoms with Crippen molar-refractivity contribution >= 4 is 23.9 Å². The van der Waals surface area contributed by atoms with Crippen LogP contribution >= 0.6 is 0 Å². The Morgan fingerprint density at radius 2 is 1.40 bits per heavy atom. The fraction of sp³-hybridized carbons (Fsp3) is 0.714. The lowest BCUT2D eigenvalue weighted by molar-refractivity contribution is -0.147. The van der Waals surface area contributed by atoms with Crippen molar-refractivity contribution in [3.63, 3.8) is 0 Å². The molecule has 11 heteroatoms. The van der Waals surface area contributed by atoms with Gasteiger partial charge in [0.15, 0.2) is 0 Å². The second-order valence-electron chi connectivity index (χ2n) is 6.08. The predicted octanol–water partition coefficient (Wildman–Crippen LogP) is -1.79. The Morgan fingerprint density at radius 1 is 0.880 bits per heavy atom. The van der Waals surface area contributed by atoms with Crippen molar-refractivity contribution in [2.45, 2.75) is 13.1 Å². The number of rotatable bonds is 9. The van der Waals surface area contributed by atoms with Crippen LogP contribution in [0.3, 0.4) is 0 Å². The Kier molecular flexibility index (Phi) is 7.74. The maximum atomic E-state index is 11.2. The van der Waals surface area contributed by atoms with Gasteiger partial charge in [0.25, 0.3) is 0 Å². The van der Waals surface area contributed by atoms with Crippen molar-refractivity contribution in [1.82, 2.24) is 14.7 Å². The molecule has 0 aliphatic carbocycles. The van der Waals surface area contributed by atoms with E-state index in [2.05, 4.69) is 0 Å². The lowest BCUT2D eigenvalue weighted by Crippen LogP contribution is -2.56. The van der Waals surface area contributed by atoms with Crippen LogP contribution in [0.15, 0.2) is 0 Å². The van der Waals surface area contributed by atoms with E-state index in [1.165, 1.54) is 9.80 Å². The molecule has 11 nitrogen and oxygen atoms in total. The first kappa shape index (κ1) is 20.8. The van der Waals surface area contributed by atoms with Crippen LogP contribution in [0, 0.1) is 5.92 Å². The van der Waals surface area contributed by atoms with E-state index >= 15 is 0 Å². The first-order valence-electron chi connectivity index (χ1n) is 7.67. The summed E-state index contributed by atoms with van der Waals surface area (Å²) in [6, 6.07) is 0. The third-order valence-corrected chi connectivity index (χ3v) is 3.88. The number of carboxylic acids is 4. The van der Waals surface area contributed by atoms with Gasteiger partial charge in [-0.3, -0.25) is 33.9 Å². The Morgan fingerprint density at radius 3 is 1.84 bits per heavy atom. The van der Waals surface area contributed by atoms with E-state index in [4.69, 9.17) is 20.4 Å². The lowest BCUT2D eigenvalue weighted by atomic mass is 10.1. The van der Waals surface area contributed by atoms with Crippen LogP contribution in [0.25, 0.3) is 0 Å². The van der Waals surface area contributed by atoms with Crippen LogP contribution in [0.5, 0.6) is 0 Å². The van der Waals surface area contributed by atoms with Crippen LogP contribution in [0.2, 0.25) is 0 Å². The molecule has 0 aromatic heterocycles. The lowest BCUT2D eigenvalue weighted by Gasteiger charge is -2.39. The molecular formula is C14H23N3O8.